The molecule has 0 saturated heterocycles. The van der Waals surface area contributed by atoms with Crippen LogP contribution in [0.1, 0.15) is 19.4 Å². The summed E-state index contributed by atoms with van der Waals surface area (Å²) in [6.45, 7) is 3.83. The molecular weight excluding hydrogens is 288 g/mol. The monoisotopic (exact) mass is 302 g/mol. The quantitative estimate of drug-likeness (QED) is 0.781. The predicted molar refractivity (Wildman–Crippen MR) is 81.5 cm³/mol. The van der Waals surface area contributed by atoms with Crippen molar-refractivity contribution >= 4 is 17.6 Å². The van der Waals surface area contributed by atoms with Crippen molar-refractivity contribution in [2.24, 2.45) is 0 Å². The van der Waals surface area contributed by atoms with Crippen molar-refractivity contribution in [2.75, 3.05) is 6.61 Å². The van der Waals surface area contributed by atoms with Crippen LogP contribution in [0, 0.1) is 0 Å². The van der Waals surface area contributed by atoms with E-state index >= 15 is 0 Å². The van der Waals surface area contributed by atoms with Gasteiger partial charge in [-0.1, -0.05) is 35.9 Å². The Morgan fingerprint density at radius 2 is 2.00 bits per heavy atom. The number of hydrogen-bond acceptors (Lipinski definition) is 3. The van der Waals surface area contributed by atoms with Crippen molar-refractivity contribution in [1.29, 1.82) is 0 Å². The summed E-state index contributed by atoms with van der Waals surface area (Å²) in [7, 11) is 0. The highest BCUT2D eigenvalue weighted by molar-refractivity contribution is 6.31. The fraction of sp³-hybridized carbons (Fsp3) is 0.235. The summed E-state index contributed by atoms with van der Waals surface area (Å²) in [6, 6.07) is 13.0. The third-order valence-electron chi connectivity index (χ3n) is 3.65. The first-order valence-electron chi connectivity index (χ1n) is 6.82. The molecule has 3 nitrogen and oxygen atoms in total. The Balaban J connectivity index is 2.21. The van der Waals surface area contributed by atoms with Crippen LogP contribution < -0.4 is 4.74 Å². The van der Waals surface area contributed by atoms with Crippen LogP contribution in [0.4, 0.5) is 0 Å². The fourth-order valence-electron chi connectivity index (χ4n) is 2.63. The van der Waals surface area contributed by atoms with Crippen molar-refractivity contribution in [3.05, 3.63) is 53.1 Å². The number of halogens is 1. The highest BCUT2D eigenvalue weighted by atomic mass is 35.5. The van der Waals surface area contributed by atoms with Crippen LogP contribution in [0.25, 0.3) is 11.1 Å². The summed E-state index contributed by atoms with van der Waals surface area (Å²) in [5.74, 6) is 0.242. The Labute approximate surface area is 128 Å². The SMILES string of the molecule is CCOC(=O)C1(C)Oc2ccc(Cl)cc2-c2ccccc21. The van der Waals surface area contributed by atoms with Gasteiger partial charge in [0, 0.05) is 16.1 Å². The second-order valence-corrected chi connectivity index (χ2v) is 5.48. The molecule has 2 aromatic carbocycles. The van der Waals surface area contributed by atoms with Crippen LogP contribution in [0.5, 0.6) is 5.75 Å². The maximum atomic E-state index is 12.4. The molecule has 0 bridgehead atoms. The number of benzene rings is 2. The molecule has 0 aliphatic carbocycles. The van der Waals surface area contributed by atoms with Gasteiger partial charge in [-0.3, -0.25) is 0 Å². The summed E-state index contributed by atoms with van der Waals surface area (Å²) >= 11 is 6.08. The minimum absolute atomic E-state index is 0.313. The van der Waals surface area contributed by atoms with Crippen LogP contribution in [0.3, 0.4) is 0 Å². The molecule has 0 saturated carbocycles. The minimum atomic E-state index is -1.15. The van der Waals surface area contributed by atoms with Gasteiger partial charge in [-0.05, 0) is 37.6 Å². The Kier molecular flexibility index (Phi) is 3.38. The zero-order valence-corrected chi connectivity index (χ0v) is 12.6. The molecule has 3 rings (SSSR count). The van der Waals surface area contributed by atoms with Crippen molar-refractivity contribution in [1.82, 2.24) is 0 Å². The molecule has 0 radical (unpaired) electrons. The van der Waals surface area contributed by atoms with Gasteiger partial charge in [0.15, 0.2) is 0 Å². The molecular formula is C17H15ClO3. The number of fused-ring (bicyclic) bond motifs is 3. The van der Waals surface area contributed by atoms with Crippen LogP contribution in [-0.4, -0.2) is 12.6 Å². The Hall–Kier alpha value is -2.00. The zero-order chi connectivity index (χ0) is 15.0. The highest BCUT2D eigenvalue weighted by Crippen LogP contribution is 2.46. The van der Waals surface area contributed by atoms with Crippen LogP contribution in [0.2, 0.25) is 5.02 Å². The first kappa shape index (κ1) is 14.0. The van der Waals surface area contributed by atoms with Crippen molar-refractivity contribution in [3.63, 3.8) is 0 Å². The number of carbonyl (C=O) groups excluding carboxylic acids is 1. The molecule has 1 aliphatic heterocycles. The smallest absolute Gasteiger partial charge is 0.354 e. The molecule has 0 N–H and O–H groups in total. The number of carbonyl (C=O) groups is 1. The van der Waals surface area contributed by atoms with Gasteiger partial charge >= 0.3 is 5.97 Å². The lowest BCUT2D eigenvalue weighted by Gasteiger charge is -2.35. The molecule has 2 aromatic rings. The van der Waals surface area contributed by atoms with E-state index in [4.69, 9.17) is 21.1 Å². The maximum Gasteiger partial charge on any atom is 0.354 e. The highest BCUT2D eigenvalue weighted by Gasteiger charge is 2.44. The minimum Gasteiger partial charge on any atom is -0.470 e. The van der Waals surface area contributed by atoms with E-state index in [0.29, 0.717) is 17.4 Å². The number of hydrogen-bond donors (Lipinski definition) is 0. The van der Waals surface area contributed by atoms with Gasteiger partial charge in [0.2, 0.25) is 5.60 Å². The average molecular weight is 303 g/mol. The predicted octanol–water partition coefficient (Wildman–Crippen LogP) is 4.18. The average Bonchev–Trinajstić information content (AvgIpc) is 2.49. The van der Waals surface area contributed by atoms with Gasteiger partial charge in [-0.15, -0.1) is 0 Å². The Bertz CT molecular complexity index is 711. The van der Waals surface area contributed by atoms with Gasteiger partial charge in [-0.25, -0.2) is 4.79 Å². The molecule has 0 aromatic heterocycles. The Morgan fingerprint density at radius 3 is 2.76 bits per heavy atom. The van der Waals surface area contributed by atoms with E-state index in [-0.39, 0.29) is 0 Å². The molecule has 0 fully saturated rings. The third kappa shape index (κ3) is 2.18. The largest absolute Gasteiger partial charge is 0.470 e. The van der Waals surface area contributed by atoms with Gasteiger partial charge in [-0.2, -0.15) is 0 Å². The van der Waals surface area contributed by atoms with Gasteiger partial charge in [0.05, 0.1) is 6.61 Å². The van der Waals surface area contributed by atoms with Crippen LogP contribution in [-0.2, 0) is 15.1 Å². The molecule has 108 valence electrons. The molecule has 1 heterocycles. The van der Waals surface area contributed by atoms with Gasteiger partial charge < -0.3 is 9.47 Å². The summed E-state index contributed by atoms with van der Waals surface area (Å²) in [5.41, 5.74) is 1.47. The lowest BCUT2D eigenvalue weighted by Crippen LogP contribution is -2.42. The first-order chi connectivity index (χ1) is 10.1. The molecule has 21 heavy (non-hydrogen) atoms. The molecule has 1 atom stereocenters. The summed E-state index contributed by atoms with van der Waals surface area (Å²) in [6.07, 6.45) is 0. The topological polar surface area (TPSA) is 35.5 Å². The Morgan fingerprint density at radius 1 is 1.24 bits per heavy atom. The van der Waals surface area contributed by atoms with Crippen LogP contribution in [0.15, 0.2) is 42.5 Å². The standard InChI is InChI=1S/C17H15ClO3/c1-3-20-16(19)17(2)14-7-5-4-6-12(14)13-10-11(18)8-9-15(13)21-17/h4-10H,3H2,1-2H3. The lowest BCUT2D eigenvalue weighted by molar-refractivity contribution is -0.161. The van der Waals surface area contributed by atoms with E-state index < -0.39 is 11.6 Å². The van der Waals surface area contributed by atoms with E-state index in [1.807, 2.05) is 30.3 Å². The van der Waals surface area contributed by atoms with Crippen molar-refractivity contribution < 1.29 is 14.3 Å². The zero-order valence-electron chi connectivity index (χ0n) is 11.9. The summed E-state index contributed by atoms with van der Waals surface area (Å²) in [5, 5.41) is 0.631. The third-order valence-corrected chi connectivity index (χ3v) is 3.89. The molecule has 1 unspecified atom stereocenters. The molecule has 0 amide bonds. The summed E-state index contributed by atoms with van der Waals surface area (Å²) < 4.78 is 11.2. The first-order valence-corrected chi connectivity index (χ1v) is 7.19. The van der Waals surface area contributed by atoms with E-state index in [2.05, 4.69) is 0 Å². The van der Waals surface area contributed by atoms with Crippen molar-refractivity contribution in [2.45, 2.75) is 19.4 Å². The van der Waals surface area contributed by atoms with Crippen molar-refractivity contribution in [3.8, 4) is 16.9 Å². The van der Waals surface area contributed by atoms with E-state index in [1.165, 1.54) is 0 Å². The van der Waals surface area contributed by atoms with E-state index in [9.17, 15) is 4.79 Å². The summed E-state index contributed by atoms with van der Waals surface area (Å²) in [4.78, 5) is 12.4. The second kappa shape index (κ2) is 5.08. The maximum absolute atomic E-state index is 12.4. The molecule has 0 spiro atoms. The van der Waals surface area contributed by atoms with E-state index in [0.717, 1.165) is 16.7 Å². The second-order valence-electron chi connectivity index (χ2n) is 5.04. The number of rotatable bonds is 2. The van der Waals surface area contributed by atoms with E-state index in [1.54, 1.807) is 26.0 Å². The van der Waals surface area contributed by atoms with Gasteiger partial charge in [0.1, 0.15) is 5.75 Å². The lowest BCUT2D eigenvalue weighted by atomic mass is 9.85. The molecule has 4 heteroatoms. The van der Waals surface area contributed by atoms with Crippen LogP contribution >= 0.6 is 11.6 Å². The number of esters is 1. The molecule has 1 aliphatic rings. The fourth-order valence-corrected chi connectivity index (χ4v) is 2.80. The van der Waals surface area contributed by atoms with Gasteiger partial charge in [0.25, 0.3) is 0 Å². The number of ether oxygens (including phenoxy) is 2. The normalized spacial score (nSPS) is 19.2.